The molecule has 0 amide bonds. The highest BCUT2D eigenvalue weighted by Crippen LogP contribution is 2.23. The fraction of sp³-hybridized carbons (Fsp3) is 0.692. The third-order valence-corrected chi connectivity index (χ3v) is 5.62. The van der Waals surface area contributed by atoms with Crippen molar-refractivity contribution >= 4 is 33.5 Å². The molecule has 2 heterocycles. The van der Waals surface area contributed by atoms with Gasteiger partial charge < -0.3 is 0 Å². The molecule has 0 aliphatic carbocycles. The van der Waals surface area contributed by atoms with E-state index < -0.39 is 0 Å². The lowest BCUT2D eigenvalue weighted by Gasteiger charge is -2.30. The topological polar surface area (TPSA) is 38.1 Å². The molecule has 0 N–H and O–H groups in total. The number of carbonyl (C=O) groups excluding carboxylic acids is 1. The van der Waals surface area contributed by atoms with Crippen molar-refractivity contribution in [3.63, 3.8) is 0 Å². The van der Waals surface area contributed by atoms with E-state index in [2.05, 4.69) is 32.9 Å². The van der Waals surface area contributed by atoms with Crippen LogP contribution in [0.5, 0.6) is 0 Å². The second-order valence-electron chi connectivity index (χ2n) is 4.88. The van der Waals surface area contributed by atoms with E-state index in [1.54, 1.807) is 0 Å². The van der Waals surface area contributed by atoms with Gasteiger partial charge in [0, 0.05) is 24.6 Å². The minimum atomic E-state index is 0.0474. The van der Waals surface area contributed by atoms with Crippen molar-refractivity contribution in [3.8, 4) is 0 Å². The number of halogens is 1. The maximum Gasteiger partial charge on any atom is 0.156 e. The number of nitrogens with zero attached hydrogens (tertiary/aromatic N) is 3. The van der Waals surface area contributed by atoms with E-state index in [9.17, 15) is 4.79 Å². The summed E-state index contributed by atoms with van der Waals surface area (Å²) in [5, 5.41) is 4.44. The normalized spacial score (nSPS) is 20.7. The zero-order chi connectivity index (χ0) is 14.0. The van der Waals surface area contributed by atoms with Crippen molar-refractivity contribution in [2.24, 2.45) is 0 Å². The van der Waals surface area contributed by atoms with Gasteiger partial charge in [-0.2, -0.15) is 16.9 Å². The van der Waals surface area contributed by atoms with E-state index in [0.29, 0.717) is 12.2 Å². The molecule has 1 aliphatic rings. The van der Waals surface area contributed by atoms with Crippen LogP contribution in [0, 0.1) is 6.92 Å². The summed E-state index contributed by atoms with van der Waals surface area (Å²) in [6.07, 6.45) is 0.463. The van der Waals surface area contributed by atoms with Crippen molar-refractivity contribution < 1.29 is 4.79 Å². The second kappa shape index (κ2) is 6.41. The number of Topliss-reactive ketones (excluding diaryl/α,β-unsaturated/α-hetero) is 1. The van der Waals surface area contributed by atoms with Crippen LogP contribution >= 0.6 is 27.7 Å². The van der Waals surface area contributed by atoms with Crippen LogP contribution in [0.2, 0.25) is 0 Å². The molecule has 1 aliphatic heterocycles. The Bertz CT molecular complexity index is 475. The molecule has 1 aromatic rings. The summed E-state index contributed by atoms with van der Waals surface area (Å²) in [5.41, 5.74) is 1.96. The summed E-state index contributed by atoms with van der Waals surface area (Å²) in [7, 11) is 2.04. The lowest BCUT2D eigenvalue weighted by Crippen LogP contribution is -2.45. The minimum absolute atomic E-state index is 0.0474. The smallest absolute Gasteiger partial charge is 0.156 e. The molecule has 0 radical (unpaired) electrons. The van der Waals surface area contributed by atoms with Gasteiger partial charge in [0.15, 0.2) is 5.78 Å². The number of rotatable bonds is 4. The molecule has 1 atom stereocenters. The Morgan fingerprint density at radius 2 is 2.32 bits per heavy atom. The number of hydrogen-bond acceptors (Lipinski definition) is 4. The van der Waals surface area contributed by atoms with Gasteiger partial charge in [-0.3, -0.25) is 14.4 Å². The summed E-state index contributed by atoms with van der Waals surface area (Å²) in [6.45, 7) is 5.81. The number of aryl methyl sites for hydroxylation is 2. The molecule has 19 heavy (non-hydrogen) atoms. The Morgan fingerprint density at radius 1 is 1.58 bits per heavy atom. The monoisotopic (exact) mass is 345 g/mol. The molecule has 0 bridgehead atoms. The number of ketones is 1. The molecule has 1 unspecified atom stereocenters. The number of aromatic nitrogens is 2. The largest absolute Gasteiger partial charge is 0.297 e. The zero-order valence-corrected chi connectivity index (χ0v) is 14.1. The average molecular weight is 346 g/mol. The summed E-state index contributed by atoms with van der Waals surface area (Å²) >= 11 is 5.42. The lowest BCUT2D eigenvalue weighted by atomic mass is 10.1. The summed E-state index contributed by atoms with van der Waals surface area (Å²) < 4.78 is 2.90. The standard InChI is InChI=1S/C13H20BrN3OS/c1-4-17-10(13(14)9(2)15-17)7-12(18)11-8-19-6-5-16(11)3/h11H,4-8H2,1-3H3. The average Bonchev–Trinajstić information content (AvgIpc) is 2.67. The zero-order valence-electron chi connectivity index (χ0n) is 11.6. The van der Waals surface area contributed by atoms with Gasteiger partial charge in [0.25, 0.3) is 0 Å². The van der Waals surface area contributed by atoms with E-state index >= 15 is 0 Å². The highest BCUT2D eigenvalue weighted by Gasteiger charge is 2.27. The molecule has 0 aromatic carbocycles. The van der Waals surface area contributed by atoms with E-state index in [1.165, 1.54) is 0 Å². The van der Waals surface area contributed by atoms with Gasteiger partial charge in [-0.25, -0.2) is 0 Å². The fourth-order valence-corrected chi connectivity index (χ4v) is 4.02. The van der Waals surface area contributed by atoms with Crippen molar-refractivity contribution in [2.45, 2.75) is 32.9 Å². The van der Waals surface area contributed by atoms with Crippen molar-refractivity contribution in [3.05, 3.63) is 15.9 Å². The van der Waals surface area contributed by atoms with Crippen molar-refractivity contribution in [1.29, 1.82) is 0 Å². The Balaban J connectivity index is 2.14. The first-order valence-corrected chi connectivity index (χ1v) is 8.51. The minimum Gasteiger partial charge on any atom is -0.297 e. The Morgan fingerprint density at radius 3 is 2.95 bits per heavy atom. The van der Waals surface area contributed by atoms with Crippen LogP contribution in [0.4, 0.5) is 0 Å². The highest BCUT2D eigenvalue weighted by atomic mass is 79.9. The summed E-state index contributed by atoms with van der Waals surface area (Å²) in [6, 6.07) is 0.0474. The number of carbonyl (C=O) groups is 1. The third-order valence-electron chi connectivity index (χ3n) is 3.56. The second-order valence-corrected chi connectivity index (χ2v) is 6.82. The van der Waals surface area contributed by atoms with Crippen LogP contribution in [-0.4, -0.2) is 51.6 Å². The van der Waals surface area contributed by atoms with Gasteiger partial charge in [0.05, 0.1) is 28.3 Å². The quantitative estimate of drug-likeness (QED) is 0.837. The predicted octanol–water partition coefficient (Wildman–Crippen LogP) is 2.13. The van der Waals surface area contributed by atoms with Crippen molar-refractivity contribution in [2.75, 3.05) is 25.1 Å². The molecular weight excluding hydrogens is 326 g/mol. The molecule has 4 nitrogen and oxygen atoms in total. The van der Waals surface area contributed by atoms with E-state index in [1.807, 2.05) is 30.4 Å². The van der Waals surface area contributed by atoms with Crippen LogP contribution in [0.15, 0.2) is 4.47 Å². The van der Waals surface area contributed by atoms with Gasteiger partial charge in [0.1, 0.15) is 0 Å². The highest BCUT2D eigenvalue weighted by molar-refractivity contribution is 9.10. The molecule has 1 saturated heterocycles. The van der Waals surface area contributed by atoms with Crippen LogP contribution in [0.1, 0.15) is 18.3 Å². The molecule has 6 heteroatoms. The van der Waals surface area contributed by atoms with Crippen molar-refractivity contribution in [1.82, 2.24) is 14.7 Å². The van der Waals surface area contributed by atoms with E-state index in [-0.39, 0.29) is 6.04 Å². The molecule has 2 rings (SSSR count). The van der Waals surface area contributed by atoms with Gasteiger partial charge in [0.2, 0.25) is 0 Å². The van der Waals surface area contributed by atoms with Gasteiger partial charge in [-0.05, 0) is 36.8 Å². The molecular formula is C13H20BrN3OS. The molecule has 1 aromatic heterocycles. The lowest BCUT2D eigenvalue weighted by molar-refractivity contribution is -0.122. The third kappa shape index (κ3) is 3.23. The summed E-state index contributed by atoms with van der Waals surface area (Å²) in [4.78, 5) is 14.7. The fourth-order valence-electron chi connectivity index (χ4n) is 2.35. The van der Waals surface area contributed by atoms with E-state index in [0.717, 1.165) is 40.5 Å². The molecule has 0 saturated carbocycles. The van der Waals surface area contributed by atoms with Gasteiger partial charge in [-0.1, -0.05) is 0 Å². The Labute approximate surface area is 127 Å². The van der Waals surface area contributed by atoms with Crippen LogP contribution in [0.25, 0.3) is 0 Å². The first kappa shape index (κ1) is 15.1. The van der Waals surface area contributed by atoms with Gasteiger partial charge in [-0.15, -0.1) is 0 Å². The molecule has 0 spiro atoms. The molecule has 106 valence electrons. The van der Waals surface area contributed by atoms with E-state index in [4.69, 9.17) is 0 Å². The number of thioether (sulfide) groups is 1. The summed E-state index contributed by atoms with van der Waals surface area (Å²) in [5.74, 6) is 2.33. The van der Waals surface area contributed by atoms with Crippen LogP contribution in [0.3, 0.4) is 0 Å². The maximum atomic E-state index is 12.5. The Hall–Kier alpha value is -0.330. The Kier molecular flexibility index (Phi) is 5.09. The SMILES string of the molecule is CCn1nc(C)c(Br)c1CC(=O)C1CSCCN1C. The van der Waals surface area contributed by atoms with Gasteiger partial charge >= 0.3 is 0 Å². The maximum absolute atomic E-state index is 12.5. The molecule has 1 fully saturated rings. The number of hydrogen-bond donors (Lipinski definition) is 0. The predicted molar refractivity (Wildman–Crippen MR) is 82.8 cm³/mol. The number of likely N-dealkylation sites (N-methyl/N-ethyl adjacent to an activating group) is 1. The van der Waals surface area contributed by atoms with Crippen LogP contribution in [-0.2, 0) is 17.8 Å². The van der Waals surface area contributed by atoms with Crippen LogP contribution < -0.4 is 0 Å². The first-order valence-electron chi connectivity index (χ1n) is 6.57. The first-order chi connectivity index (χ1) is 9.04.